The van der Waals surface area contributed by atoms with Crippen molar-refractivity contribution in [3.8, 4) is 0 Å². The summed E-state index contributed by atoms with van der Waals surface area (Å²) in [6, 6.07) is 0.374. The highest BCUT2D eigenvalue weighted by molar-refractivity contribution is 4.98. The smallest absolute Gasteiger partial charge is 0.231 e. The van der Waals surface area contributed by atoms with Gasteiger partial charge in [-0.15, -0.1) is 0 Å². The van der Waals surface area contributed by atoms with Crippen LogP contribution in [0.25, 0.3) is 0 Å². The van der Waals surface area contributed by atoms with Crippen molar-refractivity contribution in [2.45, 2.75) is 64.0 Å². The Balaban J connectivity index is 1.94. The van der Waals surface area contributed by atoms with E-state index in [0.717, 1.165) is 37.6 Å². The molecule has 5 nitrogen and oxygen atoms in total. The Morgan fingerprint density at radius 1 is 1.42 bits per heavy atom. The zero-order valence-electron chi connectivity index (χ0n) is 12.2. The fraction of sp³-hybridized carbons (Fsp3) is 0.857. The second kappa shape index (κ2) is 7.01. The normalized spacial score (nSPS) is 23.2. The van der Waals surface area contributed by atoms with Gasteiger partial charge in [-0.1, -0.05) is 19.0 Å². The van der Waals surface area contributed by atoms with E-state index in [1.54, 1.807) is 0 Å². The van der Waals surface area contributed by atoms with Gasteiger partial charge in [0, 0.05) is 19.1 Å². The molecule has 0 aromatic carbocycles. The van der Waals surface area contributed by atoms with E-state index in [-0.39, 0.29) is 12.0 Å². The highest BCUT2D eigenvalue weighted by atomic mass is 16.5. The van der Waals surface area contributed by atoms with Crippen LogP contribution in [0.3, 0.4) is 0 Å². The van der Waals surface area contributed by atoms with Gasteiger partial charge in [-0.25, -0.2) is 0 Å². The molecule has 5 heteroatoms. The first-order valence-electron chi connectivity index (χ1n) is 7.36. The molecule has 1 aromatic heterocycles. The third-order valence-corrected chi connectivity index (χ3v) is 3.97. The molecule has 3 atom stereocenters. The van der Waals surface area contributed by atoms with Crippen LogP contribution in [0.4, 0.5) is 0 Å². The summed E-state index contributed by atoms with van der Waals surface area (Å²) in [6.45, 7) is 5.15. The summed E-state index contributed by atoms with van der Waals surface area (Å²) in [5.74, 6) is 1.75. The maximum atomic E-state index is 5.71. The second-order valence-electron chi connectivity index (χ2n) is 5.33. The molecule has 2 rings (SSSR count). The zero-order valence-corrected chi connectivity index (χ0v) is 12.2. The largest absolute Gasteiger partial charge is 0.378 e. The van der Waals surface area contributed by atoms with Crippen LogP contribution in [0, 0.1) is 0 Å². The number of rotatable bonds is 6. The van der Waals surface area contributed by atoms with Gasteiger partial charge in [0.1, 0.15) is 0 Å². The van der Waals surface area contributed by atoms with Crippen molar-refractivity contribution in [3.05, 3.63) is 11.7 Å². The molecule has 0 radical (unpaired) electrons. The first-order valence-corrected chi connectivity index (χ1v) is 7.36. The monoisotopic (exact) mass is 267 g/mol. The van der Waals surface area contributed by atoms with Crippen LogP contribution in [0.2, 0.25) is 0 Å². The molecule has 108 valence electrons. The zero-order chi connectivity index (χ0) is 13.7. The molecule has 0 aliphatic carbocycles. The number of ether oxygens (including phenoxy) is 1. The molecule has 1 aliphatic heterocycles. The van der Waals surface area contributed by atoms with Crippen molar-refractivity contribution < 1.29 is 9.26 Å². The Hall–Kier alpha value is -0.940. The Bertz CT molecular complexity index is 371. The first kappa shape index (κ1) is 14.5. The van der Waals surface area contributed by atoms with Crippen molar-refractivity contribution in [2.24, 2.45) is 0 Å². The van der Waals surface area contributed by atoms with E-state index >= 15 is 0 Å². The Morgan fingerprint density at radius 3 is 2.89 bits per heavy atom. The predicted octanol–water partition coefficient (Wildman–Crippen LogP) is 2.28. The third kappa shape index (κ3) is 3.76. The first-order chi connectivity index (χ1) is 9.24. The summed E-state index contributed by atoms with van der Waals surface area (Å²) in [4.78, 5) is 4.52. The van der Waals surface area contributed by atoms with Gasteiger partial charge < -0.3 is 14.6 Å². The van der Waals surface area contributed by atoms with Crippen molar-refractivity contribution in [1.29, 1.82) is 0 Å². The summed E-state index contributed by atoms with van der Waals surface area (Å²) in [5.41, 5.74) is 0. The van der Waals surface area contributed by atoms with Gasteiger partial charge >= 0.3 is 0 Å². The SMILES string of the molecule is CCC(NC)C(C)c1nc(CC2CCCCO2)no1. The lowest BCUT2D eigenvalue weighted by molar-refractivity contribution is 0.0153. The van der Waals surface area contributed by atoms with Crippen molar-refractivity contribution in [3.63, 3.8) is 0 Å². The van der Waals surface area contributed by atoms with Crippen LogP contribution in [0.15, 0.2) is 4.52 Å². The van der Waals surface area contributed by atoms with Crippen LogP contribution in [0.1, 0.15) is 57.2 Å². The second-order valence-corrected chi connectivity index (χ2v) is 5.33. The summed E-state index contributed by atoms with van der Waals surface area (Å²) < 4.78 is 11.1. The molecule has 2 heterocycles. The van der Waals surface area contributed by atoms with Gasteiger partial charge in [0.15, 0.2) is 5.82 Å². The molecule has 3 unspecified atom stereocenters. The van der Waals surface area contributed by atoms with Crippen LogP contribution in [-0.2, 0) is 11.2 Å². The summed E-state index contributed by atoms with van der Waals surface area (Å²) in [7, 11) is 1.97. The van der Waals surface area contributed by atoms with Crippen LogP contribution in [-0.4, -0.2) is 35.9 Å². The fourth-order valence-corrected chi connectivity index (χ4v) is 2.69. The van der Waals surface area contributed by atoms with Crippen LogP contribution in [0.5, 0.6) is 0 Å². The molecule has 1 aliphatic rings. The van der Waals surface area contributed by atoms with Crippen LogP contribution >= 0.6 is 0 Å². The molecule has 1 fully saturated rings. The molecule has 0 amide bonds. The number of likely N-dealkylation sites (N-methyl/N-ethyl adjacent to an activating group) is 1. The van der Waals surface area contributed by atoms with Gasteiger partial charge in [0.05, 0.1) is 12.0 Å². The molecule has 1 saturated heterocycles. The van der Waals surface area contributed by atoms with Crippen molar-refractivity contribution in [2.75, 3.05) is 13.7 Å². The number of nitrogens with one attached hydrogen (secondary N) is 1. The van der Waals surface area contributed by atoms with Gasteiger partial charge in [-0.3, -0.25) is 0 Å². The topological polar surface area (TPSA) is 60.2 Å². The quantitative estimate of drug-likeness (QED) is 0.857. The predicted molar refractivity (Wildman–Crippen MR) is 73.1 cm³/mol. The summed E-state index contributed by atoms with van der Waals surface area (Å²) in [6.07, 6.45) is 5.59. The maximum absolute atomic E-state index is 5.71. The van der Waals surface area contributed by atoms with E-state index in [2.05, 4.69) is 29.3 Å². The van der Waals surface area contributed by atoms with E-state index in [1.807, 2.05) is 7.05 Å². The highest BCUT2D eigenvalue weighted by Crippen LogP contribution is 2.21. The van der Waals surface area contributed by atoms with Gasteiger partial charge in [0.2, 0.25) is 5.89 Å². The average Bonchev–Trinajstić information content (AvgIpc) is 2.89. The lowest BCUT2D eigenvalue weighted by atomic mass is 10.00. The maximum Gasteiger partial charge on any atom is 0.231 e. The van der Waals surface area contributed by atoms with E-state index in [1.165, 1.54) is 12.8 Å². The fourth-order valence-electron chi connectivity index (χ4n) is 2.69. The van der Waals surface area contributed by atoms with Crippen molar-refractivity contribution in [1.82, 2.24) is 15.5 Å². The minimum Gasteiger partial charge on any atom is -0.378 e. The summed E-state index contributed by atoms with van der Waals surface area (Å²) >= 11 is 0. The van der Waals surface area contributed by atoms with Gasteiger partial charge in [0.25, 0.3) is 0 Å². The number of hydrogen-bond acceptors (Lipinski definition) is 5. The van der Waals surface area contributed by atoms with E-state index in [9.17, 15) is 0 Å². The van der Waals surface area contributed by atoms with Gasteiger partial charge in [-0.2, -0.15) is 4.98 Å². The van der Waals surface area contributed by atoms with E-state index in [4.69, 9.17) is 9.26 Å². The lowest BCUT2D eigenvalue weighted by Gasteiger charge is -2.21. The molecule has 0 bridgehead atoms. The number of hydrogen-bond donors (Lipinski definition) is 1. The van der Waals surface area contributed by atoms with Gasteiger partial charge in [-0.05, 0) is 32.7 Å². The molecular formula is C14H25N3O2. The Morgan fingerprint density at radius 2 is 2.26 bits per heavy atom. The molecule has 1 N–H and O–H groups in total. The van der Waals surface area contributed by atoms with Crippen LogP contribution < -0.4 is 5.32 Å². The summed E-state index contributed by atoms with van der Waals surface area (Å²) in [5, 5.41) is 7.38. The highest BCUT2D eigenvalue weighted by Gasteiger charge is 2.23. The average molecular weight is 267 g/mol. The Labute approximate surface area is 115 Å². The number of aromatic nitrogens is 2. The lowest BCUT2D eigenvalue weighted by Crippen LogP contribution is -2.30. The standard InChI is InChI=1S/C14H25N3O2/c1-4-12(15-3)10(2)14-16-13(17-19-14)9-11-7-5-6-8-18-11/h10-12,15H,4-9H2,1-3H3. The minimum absolute atomic E-state index is 0.239. The van der Waals surface area contributed by atoms with E-state index < -0.39 is 0 Å². The third-order valence-electron chi connectivity index (χ3n) is 3.97. The van der Waals surface area contributed by atoms with E-state index in [0.29, 0.717) is 6.04 Å². The molecule has 1 aromatic rings. The Kier molecular flexibility index (Phi) is 5.34. The molecular weight excluding hydrogens is 242 g/mol. The minimum atomic E-state index is 0.239. The number of nitrogens with zero attached hydrogens (tertiary/aromatic N) is 2. The molecule has 19 heavy (non-hydrogen) atoms. The molecule has 0 spiro atoms. The molecule has 0 saturated carbocycles. The van der Waals surface area contributed by atoms with Crippen molar-refractivity contribution >= 4 is 0 Å².